The number of aryl methyl sites for hydroxylation is 1. The molecule has 0 saturated heterocycles. The van der Waals surface area contributed by atoms with Crippen molar-refractivity contribution < 1.29 is 31.3 Å². The fourth-order valence-corrected chi connectivity index (χ4v) is 3.22. The Kier molecular flexibility index (Phi) is 5.92. The van der Waals surface area contributed by atoms with Crippen molar-refractivity contribution in [1.29, 1.82) is 0 Å². The third kappa shape index (κ3) is 5.42. The van der Waals surface area contributed by atoms with Crippen LogP contribution in [-0.4, -0.2) is 32.0 Å². The molecule has 0 atom stereocenters. The number of nitro benzene ring substituents is 1. The van der Waals surface area contributed by atoms with E-state index in [0.717, 1.165) is 18.2 Å². The normalized spacial score (nSPS) is 11.7. The first-order chi connectivity index (χ1) is 12.9. The lowest BCUT2D eigenvalue weighted by molar-refractivity contribution is -0.385. The van der Waals surface area contributed by atoms with E-state index in [0.29, 0.717) is 0 Å². The monoisotopic (exact) mass is 417 g/mol. The number of carbonyl (C=O) groups is 1. The van der Waals surface area contributed by atoms with Crippen molar-refractivity contribution in [1.82, 2.24) is 5.32 Å². The van der Waals surface area contributed by atoms with Crippen LogP contribution in [0.4, 0.5) is 24.5 Å². The van der Waals surface area contributed by atoms with E-state index in [1.54, 1.807) is 5.32 Å². The number of hydrogen-bond donors (Lipinski definition) is 2. The van der Waals surface area contributed by atoms with Crippen molar-refractivity contribution in [3.8, 4) is 0 Å². The summed E-state index contributed by atoms with van der Waals surface area (Å²) in [4.78, 5) is 21.5. The van der Waals surface area contributed by atoms with Gasteiger partial charge in [-0.3, -0.25) is 19.6 Å². The van der Waals surface area contributed by atoms with Crippen LogP contribution in [0.5, 0.6) is 0 Å². The van der Waals surface area contributed by atoms with Crippen LogP contribution < -0.4 is 10.0 Å². The molecular formula is C16H14F3N3O5S. The fourth-order valence-electron chi connectivity index (χ4n) is 2.14. The highest BCUT2D eigenvalue weighted by Gasteiger charge is 2.28. The Morgan fingerprint density at radius 3 is 2.29 bits per heavy atom. The summed E-state index contributed by atoms with van der Waals surface area (Å²) in [6, 6.07) is 8.05. The zero-order valence-corrected chi connectivity index (χ0v) is 15.1. The molecule has 0 aromatic heterocycles. The SMILES string of the molecule is Cc1ccc(S(=O)(=O)Nc2ccc(C(=O)NCC(F)(F)F)cc2)cc1[N+](=O)[O-]. The van der Waals surface area contributed by atoms with Gasteiger partial charge in [-0.05, 0) is 37.3 Å². The minimum absolute atomic E-state index is 0.0237. The number of rotatable bonds is 6. The number of benzene rings is 2. The second-order valence-electron chi connectivity index (χ2n) is 5.69. The van der Waals surface area contributed by atoms with Gasteiger partial charge in [-0.25, -0.2) is 8.42 Å². The number of sulfonamides is 1. The number of carbonyl (C=O) groups excluding carboxylic acids is 1. The zero-order chi connectivity index (χ0) is 21.1. The molecule has 28 heavy (non-hydrogen) atoms. The molecule has 12 heteroatoms. The minimum Gasteiger partial charge on any atom is -0.343 e. The molecule has 8 nitrogen and oxygen atoms in total. The van der Waals surface area contributed by atoms with Crippen molar-refractivity contribution in [3.63, 3.8) is 0 Å². The highest BCUT2D eigenvalue weighted by atomic mass is 32.2. The summed E-state index contributed by atoms with van der Waals surface area (Å²) in [6.45, 7) is -0.0308. The standard InChI is InChI=1S/C16H14F3N3O5S/c1-10-2-7-13(8-14(10)22(24)25)28(26,27)21-12-5-3-11(4-6-12)15(23)20-9-16(17,18)19/h2-8,21H,9H2,1H3,(H,20,23). The molecule has 2 N–H and O–H groups in total. The van der Waals surface area contributed by atoms with Crippen LogP contribution in [-0.2, 0) is 10.0 Å². The highest BCUT2D eigenvalue weighted by molar-refractivity contribution is 7.92. The smallest absolute Gasteiger partial charge is 0.343 e. The van der Waals surface area contributed by atoms with Gasteiger partial charge < -0.3 is 5.32 Å². The van der Waals surface area contributed by atoms with E-state index in [1.807, 2.05) is 0 Å². The lowest BCUT2D eigenvalue weighted by Crippen LogP contribution is -2.33. The molecule has 0 radical (unpaired) electrons. The maximum absolute atomic E-state index is 12.4. The van der Waals surface area contributed by atoms with E-state index in [2.05, 4.69) is 4.72 Å². The van der Waals surface area contributed by atoms with Crippen LogP contribution in [0.2, 0.25) is 0 Å². The lowest BCUT2D eigenvalue weighted by atomic mass is 10.2. The average Bonchev–Trinajstić information content (AvgIpc) is 2.59. The van der Waals surface area contributed by atoms with Gasteiger partial charge in [-0.1, -0.05) is 6.07 Å². The molecule has 0 heterocycles. The predicted octanol–water partition coefficient (Wildman–Crippen LogP) is 3.00. The third-order valence-electron chi connectivity index (χ3n) is 3.54. The van der Waals surface area contributed by atoms with Crippen LogP contribution in [0.25, 0.3) is 0 Å². The summed E-state index contributed by atoms with van der Waals surface area (Å²) in [5.74, 6) is -0.971. The van der Waals surface area contributed by atoms with Gasteiger partial charge in [0.1, 0.15) is 6.54 Å². The summed E-state index contributed by atoms with van der Waals surface area (Å²) in [5, 5.41) is 12.6. The third-order valence-corrected chi connectivity index (χ3v) is 4.92. The van der Waals surface area contributed by atoms with Crippen LogP contribution in [0.1, 0.15) is 15.9 Å². The molecule has 2 aromatic carbocycles. The maximum atomic E-state index is 12.4. The van der Waals surface area contributed by atoms with Gasteiger partial charge in [0.25, 0.3) is 21.6 Å². The summed E-state index contributed by atoms with van der Waals surface area (Å²) < 4.78 is 63.3. The second kappa shape index (κ2) is 7.84. The number of hydrogen-bond acceptors (Lipinski definition) is 5. The number of halogens is 3. The van der Waals surface area contributed by atoms with Crippen LogP contribution in [0.3, 0.4) is 0 Å². The van der Waals surface area contributed by atoms with Crippen molar-refractivity contribution in [2.75, 3.05) is 11.3 Å². The fraction of sp³-hybridized carbons (Fsp3) is 0.188. The number of anilines is 1. The molecular weight excluding hydrogens is 403 g/mol. The van der Waals surface area contributed by atoms with Crippen molar-refractivity contribution in [2.24, 2.45) is 0 Å². The second-order valence-corrected chi connectivity index (χ2v) is 7.37. The van der Waals surface area contributed by atoms with Gasteiger partial charge in [0.15, 0.2) is 0 Å². The lowest BCUT2D eigenvalue weighted by Gasteiger charge is -2.10. The van der Waals surface area contributed by atoms with Gasteiger partial charge in [-0.2, -0.15) is 13.2 Å². The Hall–Kier alpha value is -3.15. The minimum atomic E-state index is -4.55. The molecule has 0 aliphatic rings. The van der Waals surface area contributed by atoms with E-state index >= 15 is 0 Å². The molecule has 0 saturated carbocycles. The van der Waals surface area contributed by atoms with Crippen molar-refractivity contribution in [2.45, 2.75) is 18.0 Å². The molecule has 2 aromatic rings. The quantitative estimate of drug-likeness (QED) is 0.553. The first-order valence-corrected chi connectivity index (χ1v) is 9.10. The molecule has 0 aliphatic heterocycles. The van der Waals surface area contributed by atoms with Crippen LogP contribution in [0.15, 0.2) is 47.4 Å². The Balaban J connectivity index is 2.16. The molecule has 0 bridgehead atoms. The number of nitro groups is 1. The van der Waals surface area contributed by atoms with Gasteiger partial charge in [0, 0.05) is 22.9 Å². The van der Waals surface area contributed by atoms with Crippen LogP contribution >= 0.6 is 0 Å². The molecule has 150 valence electrons. The molecule has 0 spiro atoms. The van der Waals surface area contributed by atoms with Gasteiger partial charge in [-0.15, -0.1) is 0 Å². The summed E-state index contributed by atoms with van der Waals surface area (Å²) in [5.41, 5.74) is -0.147. The van der Waals surface area contributed by atoms with E-state index in [-0.39, 0.29) is 27.4 Å². The first-order valence-electron chi connectivity index (χ1n) is 7.62. The Morgan fingerprint density at radius 1 is 1.14 bits per heavy atom. The molecule has 0 fully saturated rings. The number of amides is 1. The summed E-state index contributed by atoms with van der Waals surface area (Å²) >= 11 is 0. The van der Waals surface area contributed by atoms with Gasteiger partial charge in [0.05, 0.1) is 9.82 Å². The largest absolute Gasteiger partial charge is 0.405 e. The van der Waals surface area contributed by atoms with Crippen molar-refractivity contribution >= 4 is 27.3 Å². The average molecular weight is 417 g/mol. The van der Waals surface area contributed by atoms with E-state index < -0.39 is 33.6 Å². The number of nitrogens with one attached hydrogen (secondary N) is 2. The Labute approximate surface area is 157 Å². The zero-order valence-electron chi connectivity index (χ0n) is 14.3. The Bertz CT molecular complexity index is 1010. The highest BCUT2D eigenvalue weighted by Crippen LogP contribution is 2.24. The first kappa shape index (κ1) is 21.2. The van der Waals surface area contributed by atoms with Gasteiger partial charge in [0.2, 0.25) is 0 Å². The maximum Gasteiger partial charge on any atom is 0.405 e. The van der Waals surface area contributed by atoms with E-state index in [9.17, 15) is 36.5 Å². The van der Waals surface area contributed by atoms with Gasteiger partial charge >= 0.3 is 6.18 Å². The number of alkyl halides is 3. The van der Waals surface area contributed by atoms with E-state index in [4.69, 9.17) is 0 Å². The molecule has 0 aliphatic carbocycles. The predicted molar refractivity (Wildman–Crippen MR) is 93.5 cm³/mol. The van der Waals surface area contributed by atoms with E-state index in [1.165, 1.54) is 31.2 Å². The topological polar surface area (TPSA) is 118 Å². The molecule has 2 rings (SSSR count). The van der Waals surface area contributed by atoms with Crippen LogP contribution in [0, 0.1) is 17.0 Å². The van der Waals surface area contributed by atoms with Crippen molar-refractivity contribution in [3.05, 3.63) is 63.7 Å². The number of nitrogens with zero attached hydrogens (tertiary/aromatic N) is 1. The molecule has 1 amide bonds. The molecule has 0 unspecified atom stereocenters. The summed E-state index contributed by atoms with van der Waals surface area (Å²) in [7, 11) is -4.15. The summed E-state index contributed by atoms with van der Waals surface area (Å²) in [6.07, 6.45) is -4.55. The Morgan fingerprint density at radius 2 is 1.75 bits per heavy atom.